The highest BCUT2D eigenvalue weighted by Gasteiger charge is 2.33. The van der Waals surface area contributed by atoms with E-state index in [1.54, 1.807) is 0 Å². The zero-order chi connectivity index (χ0) is 15.1. The fourth-order valence-electron chi connectivity index (χ4n) is 3.71. The fourth-order valence-corrected chi connectivity index (χ4v) is 3.87. The minimum Gasteiger partial charge on any atom is -0.293 e. The second kappa shape index (κ2) is 7.98. The number of unbranched alkanes of at least 4 members (excludes halogenated alkanes) is 2. The lowest BCUT2D eigenvalue weighted by atomic mass is 9.66. The van der Waals surface area contributed by atoms with Crippen molar-refractivity contribution in [3.63, 3.8) is 0 Å². The topological polar surface area (TPSA) is 17.1 Å². The molecular formula is C19H27ClO. The van der Waals surface area contributed by atoms with E-state index in [-0.39, 0.29) is 11.7 Å². The number of ketones is 1. The zero-order valence-corrected chi connectivity index (χ0v) is 13.9. The van der Waals surface area contributed by atoms with Crippen molar-refractivity contribution in [3.8, 4) is 0 Å². The maximum absolute atomic E-state index is 11.7. The molecule has 0 bridgehead atoms. The summed E-state index contributed by atoms with van der Waals surface area (Å²) in [4.78, 5) is 11.7. The van der Waals surface area contributed by atoms with Gasteiger partial charge in [0.1, 0.15) is 0 Å². The Morgan fingerprint density at radius 1 is 1.10 bits per heavy atom. The third-order valence-electron chi connectivity index (χ3n) is 5.01. The molecular weight excluding hydrogens is 280 g/mol. The summed E-state index contributed by atoms with van der Waals surface area (Å²) >= 11 is 5.64. The highest BCUT2D eigenvalue weighted by Crippen LogP contribution is 2.43. The molecule has 0 spiro atoms. The van der Waals surface area contributed by atoms with Crippen LogP contribution in [0, 0.1) is 0 Å². The second-order valence-electron chi connectivity index (χ2n) is 6.43. The van der Waals surface area contributed by atoms with Crippen molar-refractivity contribution in [1.82, 2.24) is 0 Å². The van der Waals surface area contributed by atoms with Crippen molar-refractivity contribution in [1.29, 1.82) is 0 Å². The molecule has 0 amide bonds. The second-order valence-corrected chi connectivity index (χ2v) is 6.70. The van der Waals surface area contributed by atoms with Crippen LogP contribution in [0.4, 0.5) is 0 Å². The summed E-state index contributed by atoms with van der Waals surface area (Å²) in [7, 11) is 0. The van der Waals surface area contributed by atoms with Crippen molar-refractivity contribution in [2.24, 2.45) is 0 Å². The van der Waals surface area contributed by atoms with E-state index in [2.05, 4.69) is 19.1 Å². The van der Waals surface area contributed by atoms with E-state index in [9.17, 15) is 4.79 Å². The number of carbonyl (C=O) groups is 1. The van der Waals surface area contributed by atoms with Gasteiger partial charge in [0, 0.05) is 5.56 Å². The lowest BCUT2D eigenvalue weighted by Crippen LogP contribution is -2.29. The fraction of sp³-hybridized carbons (Fsp3) is 0.632. The minimum atomic E-state index is 0.0203. The first-order valence-electron chi connectivity index (χ1n) is 8.41. The van der Waals surface area contributed by atoms with E-state index in [0.717, 1.165) is 5.56 Å². The molecule has 116 valence electrons. The normalized spacial score (nSPS) is 17.6. The van der Waals surface area contributed by atoms with Crippen LogP contribution in [0.2, 0.25) is 0 Å². The minimum absolute atomic E-state index is 0.0203. The van der Waals surface area contributed by atoms with Crippen LogP contribution in [0.3, 0.4) is 0 Å². The smallest absolute Gasteiger partial charge is 0.177 e. The maximum Gasteiger partial charge on any atom is 0.177 e. The molecule has 0 heterocycles. The molecule has 21 heavy (non-hydrogen) atoms. The van der Waals surface area contributed by atoms with Gasteiger partial charge in [0.05, 0.1) is 5.88 Å². The number of benzene rings is 1. The first-order chi connectivity index (χ1) is 10.2. The Morgan fingerprint density at radius 2 is 1.76 bits per heavy atom. The van der Waals surface area contributed by atoms with Crippen LogP contribution in [0.25, 0.3) is 0 Å². The summed E-state index contributed by atoms with van der Waals surface area (Å²) in [5.41, 5.74) is 2.54. The molecule has 1 nitrogen and oxygen atoms in total. The van der Waals surface area contributed by atoms with Gasteiger partial charge in [0.25, 0.3) is 0 Å². The summed E-state index contributed by atoms with van der Waals surface area (Å²) in [6.45, 7) is 2.26. The van der Waals surface area contributed by atoms with E-state index in [4.69, 9.17) is 11.6 Å². The van der Waals surface area contributed by atoms with Crippen LogP contribution in [0.15, 0.2) is 24.3 Å². The summed E-state index contributed by atoms with van der Waals surface area (Å²) in [5.74, 6) is 0.0907. The molecule has 1 aromatic rings. The van der Waals surface area contributed by atoms with Gasteiger partial charge in [-0.3, -0.25) is 4.79 Å². The highest BCUT2D eigenvalue weighted by molar-refractivity contribution is 6.30. The molecule has 0 unspecified atom stereocenters. The van der Waals surface area contributed by atoms with Gasteiger partial charge in [-0.2, -0.15) is 0 Å². The predicted octanol–water partition coefficient (Wildman–Crippen LogP) is 5.89. The summed E-state index contributed by atoms with van der Waals surface area (Å²) in [6, 6.07) is 8.29. The first-order valence-corrected chi connectivity index (χ1v) is 8.95. The Labute approximate surface area is 134 Å². The van der Waals surface area contributed by atoms with E-state index >= 15 is 0 Å². The third-order valence-corrected chi connectivity index (χ3v) is 5.25. The van der Waals surface area contributed by atoms with Gasteiger partial charge in [-0.25, -0.2) is 0 Å². The average Bonchev–Trinajstić information content (AvgIpc) is 2.55. The number of alkyl halides is 1. The molecule has 0 radical (unpaired) electrons. The first kappa shape index (κ1) is 16.5. The SMILES string of the molecule is CCCCCC1(c2ccc(C(=O)CCl)cc2)CCCCC1. The average molecular weight is 307 g/mol. The Hall–Kier alpha value is -0.820. The molecule has 0 N–H and O–H groups in total. The number of hydrogen-bond donors (Lipinski definition) is 0. The predicted molar refractivity (Wildman–Crippen MR) is 90.4 cm³/mol. The number of carbonyl (C=O) groups excluding carboxylic acids is 1. The van der Waals surface area contributed by atoms with Gasteiger partial charge >= 0.3 is 0 Å². The Morgan fingerprint density at radius 3 is 2.33 bits per heavy atom. The van der Waals surface area contributed by atoms with Crippen LogP contribution < -0.4 is 0 Å². The van der Waals surface area contributed by atoms with E-state index < -0.39 is 0 Å². The Kier molecular flexibility index (Phi) is 6.29. The highest BCUT2D eigenvalue weighted by atomic mass is 35.5. The van der Waals surface area contributed by atoms with Crippen LogP contribution in [-0.4, -0.2) is 11.7 Å². The van der Waals surface area contributed by atoms with Crippen LogP contribution in [-0.2, 0) is 5.41 Å². The molecule has 1 aliphatic rings. The van der Waals surface area contributed by atoms with Gasteiger partial charge in [0.2, 0.25) is 0 Å². The largest absolute Gasteiger partial charge is 0.293 e. The van der Waals surface area contributed by atoms with E-state index in [0.29, 0.717) is 5.41 Å². The Balaban J connectivity index is 2.17. The molecule has 1 aliphatic carbocycles. The maximum atomic E-state index is 11.7. The quantitative estimate of drug-likeness (QED) is 0.349. The van der Waals surface area contributed by atoms with Crippen molar-refractivity contribution in [2.75, 3.05) is 5.88 Å². The van der Waals surface area contributed by atoms with Gasteiger partial charge in [-0.1, -0.05) is 69.7 Å². The molecule has 1 aromatic carbocycles. The molecule has 0 aliphatic heterocycles. The number of hydrogen-bond acceptors (Lipinski definition) is 1. The number of halogens is 1. The molecule has 0 saturated heterocycles. The molecule has 2 heteroatoms. The Bertz CT molecular complexity index is 443. The molecule has 1 saturated carbocycles. The number of Topliss-reactive ketones (excluding diaryl/α,β-unsaturated/α-hetero) is 1. The molecule has 1 fully saturated rings. The van der Waals surface area contributed by atoms with Crippen LogP contribution in [0.5, 0.6) is 0 Å². The van der Waals surface area contributed by atoms with Crippen molar-refractivity contribution in [3.05, 3.63) is 35.4 Å². The van der Waals surface area contributed by atoms with E-state index in [1.807, 2.05) is 12.1 Å². The molecule has 0 aromatic heterocycles. The van der Waals surface area contributed by atoms with Crippen molar-refractivity contribution in [2.45, 2.75) is 70.1 Å². The molecule has 2 rings (SSSR count). The molecule has 0 atom stereocenters. The van der Waals surface area contributed by atoms with Gasteiger partial charge in [-0.05, 0) is 30.2 Å². The lowest BCUT2D eigenvalue weighted by Gasteiger charge is -2.38. The van der Waals surface area contributed by atoms with Crippen LogP contribution in [0.1, 0.15) is 80.6 Å². The lowest BCUT2D eigenvalue weighted by molar-refractivity contribution is 0.102. The van der Waals surface area contributed by atoms with Crippen molar-refractivity contribution < 1.29 is 4.79 Å². The van der Waals surface area contributed by atoms with E-state index in [1.165, 1.54) is 63.4 Å². The third kappa shape index (κ3) is 4.10. The van der Waals surface area contributed by atoms with Gasteiger partial charge in [0.15, 0.2) is 5.78 Å². The summed E-state index contributed by atoms with van der Waals surface area (Å²) < 4.78 is 0. The van der Waals surface area contributed by atoms with Crippen LogP contribution >= 0.6 is 11.6 Å². The monoisotopic (exact) mass is 306 g/mol. The number of rotatable bonds is 7. The van der Waals surface area contributed by atoms with Crippen molar-refractivity contribution >= 4 is 17.4 Å². The standard InChI is InChI=1S/C19H27ClO/c1-2-3-5-12-19(13-6-4-7-14-19)17-10-8-16(9-11-17)18(21)15-20/h8-11H,2-7,12-15H2,1H3. The zero-order valence-electron chi connectivity index (χ0n) is 13.2. The van der Waals surface area contributed by atoms with Gasteiger partial charge in [-0.15, -0.1) is 11.6 Å². The summed E-state index contributed by atoms with van der Waals surface area (Å²) in [6.07, 6.45) is 11.9. The van der Waals surface area contributed by atoms with Gasteiger partial charge < -0.3 is 0 Å². The summed E-state index contributed by atoms with van der Waals surface area (Å²) in [5, 5.41) is 0.